The Morgan fingerprint density at radius 3 is 1.79 bits per heavy atom. The third-order valence-corrected chi connectivity index (χ3v) is 6.17. The molecule has 0 saturated carbocycles. The largest absolute Gasteiger partial charge is 0.459 e. The van der Waals surface area contributed by atoms with E-state index in [1.807, 2.05) is 20.8 Å². The summed E-state index contributed by atoms with van der Waals surface area (Å²) in [6, 6.07) is 3.73. The zero-order chi connectivity index (χ0) is 28.8. The van der Waals surface area contributed by atoms with Crippen molar-refractivity contribution in [3.8, 4) is 11.5 Å². The SMILES string of the molecule is CCCC(=O)OC(C)[C@H](C)OC(=O)[C@@H](N)Cc1ccc(OC(=O)C(C)CCC)c(OC(=O)C(C)CCC)c1. The lowest BCUT2D eigenvalue weighted by atomic mass is 10.0. The minimum absolute atomic E-state index is 0.0884. The quantitative estimate of drug-likeness (QED) is 0.232. The van der Waals surface area contributed by atoms with Crippen molar-refractivity contribution < 1.29 is 38.1 Å². The van der Waals surface area contributed by atoms with E-state index in [-0.39, 0.29) is 42.1 Å². The van der Waals surface area contributed by atoms with Crippen LogP contribution in [0.4, 0.5) is 0 Å². The van der Waals surface area contributed by atoms with Gasteiger partial charge in [0.05, 0.1) is 11.8 Å². The van der Waals surface area contributed by atoms with Gasteiger partial charge in [0.2, 0.25) is 0 Å². The first kappa shape index (κ1) is 33.1. The molecule has 214 valence electrons. The van der Waals surface area contributed by atoms with Gasteiger partial charge in [-0.15, -0.1) is 0 Å². The first-order chi connectivity index (χ1) is 17.9. The van der Waals surface area contributed by atoms with E-state index < -0.39 is 36.2 Å². The minimum atomic E-state index is -1.02. The second kappa shape index (κ2) is 16.8. The molecule has 1 aromatic carbocycles. The molecule has 0 fully saturated rings. The third kappa shape index (κ3) is 11.2. The highest BCUT2D eigenvalue weighted by molar-refractivity contribution is 5.79. The lowest BCUT2D eigenvalue weighted by Crippen LogP contribution is -2.39. The normalized spacial score (nSPS) is 14.9. The molecular formula is C29H45NO8. The van der Waals surface area contributed by atoms with Crippen LogP contribution in [0.25, 0.3) is 0 Å². The first-order valence-corrected chi connectivity index (χ1v) is 13.6. The molecule has 2 N–H and O–H groups in total. The molecule has 1 rings (SSSR count). The maximum absolute atomic E-state index is 12.6. The lowest BCUT2D eigenvalue weighted by molar-refractivity contribution is -0.166. The monoisotopic (exact) mass is 535 g/mol. The number of carbonyl (C=O) groups is 4. The van der Waals surface area contributed by atoms with Gasteiger partial charge in [0.1, 0.15) is 18.2 Å². The third-order valence-electron chi connectivity index (χ3n) is 6.17. The molecule has 0 saturated heterocycles. The molecule has 9 nitrogen and oxygen atoms in total. The van der Waals surface area contributed by atoms with Crippen molar-refractivity contribution in [3.63, 3.8) is 0 Å². The van der Waals surface area contributed by atoms with E-state index >= 15 is 0 Å². The van der Waals surface area contributed by atoms with E-state index in [2.05, 4.69) is 0 Å². The first-order valence-electron chi connectivity index (χ1n) is 13.6. The molecule has 5 atom stereocenters. The van der Waals surface area contributed by atoms with Crippen molar-refractivity contribution in [2.45, 2.75) is 112 Å². The standard InChI is InChI=1S/C29H45NO8/c1-8-11-18(4)27(32)37-24-15-14-22(17-25(24)38-28(33)19(5)12-9-2)16-23(30)29(34)36-21(7)20(6)35-26(31)13-10-3/h14-15,17-21,23H,8-13,16,30H2,1-7H3/t18?,19?,20?,21-,23-/m0/s1. The number of rotatable bonds is 16. The molecule has 9 heteroatoms. The van der Waals surface area contributed by atoms with Crippen LogP contribution in [-0.2, 0) is 35.1 Å². The summed E-state index contributed by atoms with van der Waals surface area (Å²) in [6.45, 7) is 12.7. The van der Waals surface area contributed by atoms with E-state index in [0.29, 0.717) is 24.8 Å². The second-order valence-corrected chi connectivity index (χ2v) is 9.90. The van der Waals surface area contributed by atoms with E-state index in [1.165, 1.54) is 6.07 Å². The second-order valence-electron chi connectivity index (χ2n) is 9.90. The molecule has 1 aromatic rings. The maximum Gasteiger partial charge on any atom is 0.323 e. The smallest absolute Gasteiger partial charge is 0.323 e. The van der Waals surface area contributed by atoms with Crippen LogP contribution in [0.2, 0.25) is 0 Å². The Balaban J connectivity index is 3.00. The summed E-state index contributed by atoms with van der Waals surface area (Å²) in [5.74, 6) is -2.28. The van der Waals surface area contributed by atoms with Gasteiger partial charge in [-0.1, -0.05) is 53.5 Å². The van der Waals surface area contributed by atoms with Crippen LogP contribution in [0.5, 0.6) is 11.5 Å². The van der Waals surface area contributed by atoms with Crippen molar-refractivity contribution in [3.05, 3.63) is 23.8 Å². The molecule has 0 amide bonds. The Labute approximate surface area is 226 Å². The molecule has 0 bridgehead atoms. The summed E-state index contributed by atoms with van der Waals surface area (Å²) in [7, 11) is 0. The van der Waals surface area contributed by atoms with E-state index in [4.69, 9.17) is 24.7 Å². The predicted molar refractivity (Wildman–Crippen MR) is 144 cm³/mol. The molecule has 0 aliphatic rings. The molecule has 0 spiro atoms. The van der Waals surface area contributed by atoms with E-state index in [1.54, 1.807) is 39.8 Å². The number of benzene rings is 1. The van der Waals surface area contributed by atoms with Crippen molar-refractivity contribution in [1.29, 1.82) is 0 Å². The van der Waals surface area contributed by atoms with E-state index in [9.17, 15) is 19.2 Å². The number of carbonyl (C=O) groups excluding carboxylic acids is 4. The van der Waals surface area contributed by atoms with Crippen LogP contribution in [-0.4, -0.2) is 42.1 Å². The summed E-state index contributed by atoms with van der Waals surface area (Å²) in [4.78, 5) is 49.5. The van der Waals surface area contributed by atoms with Crippen LogP contribution >= 0.6 is 0 Å². The van der Waals surface area contributed by atoms with Crippen LogP contribution in [0.15, 0.2) is 18.2 Å². The van der Waals surface area contributed by atoms with Crippen LogP contribution < -0.4 is 15.2 Å². The summed E-state index contributed by atoms with van der Waals surface area (Å²) >= 11 is 0. The van der Waals surface area contributed by atoms with Gasteiger partial charge in [0.15, 0.2) is 11.5 Å². The fourth-order valence-corrected chi connectivity index (χ4v) is 3.63. The molecule has 3 unspecified atom stereocenters. The number of esters is 4. The minimum Gasteiger partial charge on any atom is -0.459 e. The lowest BCUT2D eigenvalue weighted by Gasteiger charge is -2.22. The van der Waals surface area contributed by atoms with Gasteiger partial charge in [0, 0.05) is 6.42 Å². The highest BCUT2D eigenvalue weighted by Gasteiger charge is 2.25. The summed E-state index contributed by atoms with van der Waals surface area (Å²) < 4.78 is 21.8. The number of nitrogens with two attached hydrogens (primary N) is 1. The Hall–Kier alpha value is -2.94. The molecule has 0 heterocycles. The Morgan fingerprint density at radius 2 is 1.26 bits per heavy atom. The van der Waals surface area contributed by atoms with Crippen LogP contribution in [0.3, 0.4) is 0 Å². The van der Waals surface area contributed by atoms with Gasteiger partial charge in [-0.3, -0.25) is 19.2 Å². The highest BCUT2D eigenvalue weighted by atomic mass is 16.6. The summed E-state index contributed by atoms with van der Waals surface area (Å²) in [5.41, 5.74) is 6.70. The molecule has 0 aromatic heterocycles. The van der Waals surface area contributed by atoms with Crippen molar-refractivity contribution >= 4 is 23.9 Å². The van der Waals surface area contributed by atoms with Gasteiger partial charge < -0.3 is 24.7 Å². The Bertz CT molecular complexity index is 931. The number of ether oxygens (including phenoxy) is 4. The van der Waals surface area contributed by atoms with Gasteiger partial charge in [0.25, 0.3) is 0 Å². The summed E-state index contributed by atoms with van der Waals surface area (Å²) in [6.07, 6.45) is 2.71. The van der Waals surface area contributed by atoms with Crippen molar-refractivity contribution in [1.82, 2.24) is 0 Å². The highest BCUT2D eigenvalue weighted by Crippen LogP contribution is 2.31. The molecule has 0 aliphatic heterocycles. The predicted octanol–water partition coefficient (Wildman–Crippen LogP) is 4.90. The zero-order valence-electron chi connectivity index (χ0n) is 23.9. The fourth-order valence-electron chi connectivity index (χ4n) is 3.63. The Morgan fingerprint density at radius 1 is 0.737 bits per heavy atom. The van der Waals surface area contributed by atoms with Crippen molar-refractivity contribution in [2.75, 3.05) is 0 Å². The molecular weight excluding hydrogens is 490 g/mol. The topological polar surface area (TPSA) is 131 Å². The number of hydrogen-bond acceptors (Lipinski definition) is 9. The average molecular weight is 536 g/mol. The van der Waals surface area contributed by atoms with E-state index in [0.717, 1.165) is 12.8 Å². The molecule has 0 aliphatic carbocycles. The molecule has 0 radical (unpaired) electrons. The molecule has 38 heavy (non-hydrogen) atoms. The van der Waals surface area contributed by atoms with Gasteiger partial charge >= 0.3 is 23.9 Å². The fraction of sp³-hybridized carbons (Fsp3) is 0.655. The zero-order valence-corrected chi connectivity index (χ0v) is 23.9. The average Bonchev–Trinajstić information content (AvgIpc) is 2.85. The summed E-state index contributed by atoms with van der Waals surface area (Å²) in [5, 5.41) is 0. The van der Waals surface area contributed by atoms with Gasteiger partial charge in [-0.05, 0) is 57.2 Å². The van der Waals surface area contributed by atoms with Gasteiger partial charge in [-0.25, -0.2) is 0 Å². The van der Waals surface area contributed by atoms with Gasteiger partial charge in [-0.2, -0.15) is 0 Å². The van der Waals surface area contributed by atoms with Crippen LogP contribution in [0, 0.1) is 11.8 Å². The van der Waals surface area contributed by atoms with Crippen molar-refractivity contribution in [2.24, 2.45) is 17.6 Å². The van der Waals surface area contributed by atoms with Crippen LogP contribution in [0.1, 0.15) is 92.6 Å². The number of hydrogen-bond donors (Lipinski definition) is 1. The Kier molecular flexibility index (Phi) is 14.6. The maximum atomic E-state index is 12.6.